The summed E-state index contributed by atoms with van der Waals surface area (Å²) in [6, 6.07) is 0. The molecule has 0 N–H and O–H groups in total. The summed E-state index contributed by atoms with van der Waals surface area (Å²) in [4.78, 5) is 14.2. The molecule has 0 bridgehead atoms. The van der Waals surface area contributed by atoms with E-state index in [2.05, 4.69) is 4.98 Å². The topological polar surface area (TPSA) is 44.1 Å². The van der Waals surface area contributed by atoms with Gasteiger partial charge in [0.25, 0.3) is 0 Å². The fraction of sp³-hybridized carbons (Fsp3) is 0.556. The molecule has 72 valence electrons. The highest BCUT2D eigenvalue weighted by Gasteiger charge is 1.97. The van der Waals surface area contributed by atoms with E-state index in [9.17, 15) is 4.79 Å². The Labute approximate surface area is 77.5 Å². The van der Waals surface area contributed by atoms with Gasteiger partial charge in [0.05, 0.1) is 19.0 Å². The standard InChI is InChI=1S/C9H14N2O2/c1-8(2)13-4-3-11-5-9(6-12)10-7-11/h5-8H,3-4H2,1-2H3. The first-order chi connectivity index (χ1) is 6.22. The Bertz CT molecular complexity index is 268. The minimum absolute atomic E-state index is 0.245. The molecule has 0 saturated carbocycles. The average Bonchev–Trinajstić information content (AvgIpc) is 2.52. The predicted molar refractivity (Wildman–Crippen MR) is 48.7 cm³/mol. The van der Waals surface area contributed by atoms with Gasteiger partial charge in [-0.1, -0.05) is 0 Å². The Hall–Kier alpha value is -1.16. The minimum Gasteiger partial charge on any atom is -0.377 e. The van der Waals surface area contributed by atoms with E-state index < -0.39 is 0 Å². The molecule has 1 aromatic heterocycles. The van der Waals surface area contributed by atoms with Crippen molar-refractivity contribution in [3.05, 3.63) is 18.2 Å². The molecule has 1 rings (SSSR count). The summed E-state index contributed by atoms with van der Waals surface area (Å²) in [5.41, 5.74) is 0.463. The Morgan fingerprint density at radius 3 is 3.00 bits per heavy atom. The third kappa shape index (κ3) is 3.38. The van der Waals surface area contributed by atoms with Crippen LogP contribution in [0.3, 0.4) is 0 Å². The number of nitrogens with zero attached hydrogens (tertiary/aromatic N) is 2. The molecule has 0 unspecified atom stereocenters. The van der Waals surface area contributed by atoms with E-state index in [4.69, 9.17) is 4.74 Å². The highest BCUT2D eigenvalue weighted by molar-refractivity contribution is 5.70. The van der Waals surface area contributed by atoms with Crippen molar-refractivity contribution in [1.82, 2.24) is 9.55 Å². The number of imidazole rings is 1. The summed E-state index contributed by atoms with van der Waals surface area (Å²) < 4.78 is 7.19. The summed E-state index contributed by atoms with van der Waals surface area (Å²) in [7, 11) is 0. The summed E-state index contributed by atoms with van der Waals surface area (Å²) in [5.74, 6) is 0. The molecule has 0 spiro atoms. The first-order valence-electron chi connectivity index (χ1n) is 4.31. The molecule has 0 aliphatic heterocycles. The smallest absolute Gasteiger partial charge is 0.169 e. The molecule has 4 heteroatoms. The van der Waals surface area contributed by atoms with Crippen molar-refractivity contribution in [2.45, 2.75) is 26.5 Å². The van der Waals surface area contributed by atoms with Crippen LogP contribution in [0.25, 0.3) is 0 Å². The van der Waals surface area contributed by atoms with Gasteiger partial charge in [-0.15, -0.1) is 0 Å². The van der Waals surface area contributed by atoms with Crippen molar-refractivity contribution in [1.29, 1.82) is 0 Å². The summed E-state index contributed by atoms with van der Waals surface area (Å²) in [5, 5.41) is 0. The van der Waals surface area contributed by atoms with Crippen molar-refractivity contribution >= 4 is 6.29 Å². The van der Waals surface area contributed by atoms with E-state index in [1.165, 1.54) is 0 Å². The first-order valence-corrected chi connectivity index (χ1v) is 4.31. The van der Waals surface area contributed by atoms with Crippen molar-refractivity contribution in [3.63, 3.8) is 0 Å². The minimum atomic E-state index is 0.245. The van der Waals surface area contributed by atoms with E-state index in [0.717, 1.165) is 12.8 Å². The second kappa shape index (κ2) is 4.77. The maximum absolute atomic E-state index is 10.3. The second-order valence-electron chi connectivity index (χ2n) is 3.07. The number of rotatable bonds is 5. The van der Waals surface area contributed by atoms with E-state index >= 15 is 0 Å². The molecule has 0 aliphatic carbocycles. The Morgan fingerprint density at radius 1 is 1.69 bits per heavy atom. The summed E-state index contributed by atoms with van der Waals surface area (Å²) in [6.07, 6.45) is 4.32. The van der Waals surface area contributed by atoms with E-state index in [1.54, 1.807) is 12.5 Å². The molecule has 0 fully saturated rings. The van der Waals surface area contributed by atoms with Crippen molar-refractivity contribution in [2.75, 3.05) is 6.61 Å². The van der Waals surface area contributed by atoms with Crippen LogP contribution in [0.5, 0.6) is 0 Å². The lowest BCUT2D eigenvalue weighted by Gasteiger charge is -2.06. The molecule has 1 aromatic rings. The normalized spacial score (nSPS) is 10.7. The number of aromatic nitrogens is 2. The molecular formula is C9H14N2O2. The van der Waals surface area contributed by atoms with Gasteiger partial charge in [-0.3, -0.25) is 4.79 Å². The molecule has 1 heterocycles. The maximum atomic E-state index is 10.3. The zero-order valence-electron chi connectivity index (χ0n) is 7.93. The lowest BCUT2D eigenvalue weighted by molar-refractivity contribution is 0.0727. The van der Waals surface area contributed by atoms with Gasteiger partial charge < -0.3 is 9.30 Å². The lowest BCUT2D eigenvalue weighted by atomic mass is 10.5. The Balaban J connectivity index is 2.32. The molecule has 0 atom stereocenters. The maximum Gasteiger partial charge on any atom is 0.169 e. The number of carbonyl (C=O) groups excluding carboxylic acids is 1. The predicted octanol–water partition coefficient (Wildman–Crippen LogP) is 1.12. The average molecular weight is 182 g/mol. The van der Waals surface area contributed by atoms with Gasteiger partial charge in [0, 0.05) is 12.7 Å². The molecule has 0 aliphatic rings. The molecule has 0 radical (unpaired) electrons. The van der Waals surface area contributed by atoms with Gasteiger partial charge in [-0.25, -0.2) is 4.98 Å². The first kappa shape index (κ1) is 9.92. The highest BCUT2D eigenvalue weighted by Crippen LogP contribution is 1.94. The molecule has 4 nitrogen and oxygen atoms in total. The quantitative estimate of drug-likeness (QED) is 0.641. The molecular weight excluding hydrogens is 168 g/mol. The van der Waals surface area contributed by atoms with Crippen LogP contribution in [0.2, 0.25) is 0 Å². The number of aldehydes is 1. The number of ether oxygens (including phenoxy) is 1. The van der Waals surface area contributed by atoms with Crippen molar-refractivity contribution < 1.29 is 9.53 Å². The van der Waals surface area contributed by atoms with Crippen molar-refractivity contribution in [3.8, 4) is 0 Å². The van der Waals surface area contributed by atoms with Crippen molar-refractivity contribution in [2.24, 2.45) is 0 Å². The Kier molecular flexibility index (Phi) is 3.64. The fourth-order valence-corrected chi connectivity index (χ4v) is 0.954. The summed E-state index contributed by atoms with van der Waals surface area (Å²) in [6.45, 7) is 5.36. The van der Waals surface area contributed by atoms with Crippen LogP contribution in [0, 0.1) is 0 Å². The van der Waals surface area contributed by atoms with Crippen LogP contribution in [-0.2, 0) is 11.3 Å². The van der Waals surface area contributed by atoms with Crippen LogP contribution < -0.4 is 0 Å². The highest BCUT2D eigenvalue weighted by atomic mass is 16.5. The van der Waals surface area contributed by atoms with Gasteiger partial charge in [0.2, 0.25) is 0 Å². The van der Waals surface area contributed by atoms with Gasteiger partial charge in [-0.2, -0.15) is 0 Å². The third-order valence-corrected chi connectivity index (χ3v) is 1.57. The fourth-order valence-electron chi connectivity index (χ4n) is 0.954. The zero-order valence-corrected chi connectivity index (χ0v) is 7.93. The SMILES string of the molecule is CC(C)OCCn1cnc(C=O)c1. The third-order valence-electron chi connectivity index (χ3n) is 1.57. The van der Waals surface area contributed by atoms with Crippen LogP contribution in [0.4, 0.5) is 0 Å². The van der Waals surface area contributed by atoms with Crippen LogP contribution in [0.15, 0.2) is 12.5 Å². The van der Waals surface area contributed by atoms with E-state index in [0.29, 0.717) is 12.3 Å². The monoisotopic (exact) mass is 182 g/mol. The van der Waals surface area contributed by atoms with Gasteiger partial charge in [-0.05, 0) is 13.8 Å². The van der Waals surface area contributed by atoms with E-state index in [-0.39, 0.29) is 6.10 Å². The molecule has 0 aromatic carbocycles. The van der Waals surface area contributed by atoms with Gasteiger partial charge >= 0.3 is 0 Å². The van der Waals surface area contributed by atoms with E-state index in [1.807, 2.05) is 18.4 Å². The molecule has 0 saturated heterocycles. The zero-order chi connectivity index (χ0) is 9.68. The second-order valence-corrected chi connectivity index (χ2v) is 3.07. The van der Waals surface area contributed by atoms with Gasteiger partial charge in [0.15, 0.2) is 6.29 Å². The largest absolute Gasteiger partial charge is 0.377 e. The Morgan fingerprint density at radius 2 is 2.46 bits per heavy atom. The summed E-state index contributed by atoms with van der Waals surface area (Å²) >= 11 is 0. The molecule has 0 amide bonds. The van der Waals surface area contributed by atoms with Gasteiger partial charge in [0.1, 0.15) is 5.69 Å². The lowest BCUT2D eigenvalue weighted by Crippen LogP contribution is -2.09. The number of hydrogen-bond acceptors (Lipinski definition) is 3. The molecule has 13 heavy (non-hydrogen) atoms. The number of carbonyl (C=O) groups is 1. The van der Waals surface area contributed by atoms with Crippen LogP contribution in [0.1, 0.15) is 24.3 Å². The van der Waals surface area contributed by atoms with Crippen LogP contribution in [-0.4, -0.2) is 28.5 Å². The number of hydrogen-bond donors (Lipinski definition) is 0. The van der Waals surface area contributed by atoms with Crippen LogP contribution >= 0.6 is 0 Å².